The molecule has 0 aliphatic carbocycles. The van der Waals surface area contributed by atoms with Gasteiger partial charge in [-0.15, -0.1) is 0 Å². The highest BCUT2D eigenvalue weighted by Crippen LogP contribution is 2.31. The second-order valence-corrected chi connectivity index (χ2v) is 6.99. The number of nitrogens with one attached hydrogen (secondary N) is 2. The number of benzene rings is 1. The fourth-order valence-electron chi connectivity index (χ4n) is 4.15. The summed E-state index contributed by atoms with van der Waals surface area (Å²) in [5.74, 6) is 1.02. The zero-order valence-electron chi connectivity index (χ0n) is 15.3. The van der Waals surface area contributed by atoms with Crippen molar-refractivity contribution in [1.82, 2.24) is 20.3 Å². The molecular formula is C20H26N4O2. The summed E-state index contributed by atoms with van der Waals surface area (Å²) >= 11 is 0. The van der Waals surface area contributed by atoms with E-state index in [-0.39, 0.29) is 24.0 Å². The van der Waals surface area contributed by atoms with Gasteiger partial charge in [-0.3, -0.25) is 4.79 Å². The van der Waals surface area contributed by atoms with Crippen LogP contribution in [0.25, 0.3) is 0 Å². The molecule has 3 heterocycles. The zero-order chi connectivity index (χ0) is 18.1. The normalized spacial score (nSPS) is 25.2. The van der Waals surface area contributed by atoms with Gasteiger partial charge in [-0.1, -0.05) is 19.1 Å². The van der Waals surface area contributed by atoms with Crippen molar-refractivity contribution < 1.29 is 9.53 Å². The van der Waals surface area contributed by atoms with Crippen molar-refractivity contribution in [2.75, 3.05) is 13.7 Å². The molecule has 1 fully saturated rings. The SMILES string of the molecule is CCC1c2cccn2CCN1C(=O)C1CC(c2cccc(OC)c2)NN1. The number of hydrogen-bond donors (Lipinski definition) is 2. The smallest absolute Gasteiger partial charge is 0.241 e. The Morgan fingerprint density at radius 3 is 2.92 bits per heavy atom. The van der Waals surface area contributed by atoms with Gasteiger partial charge in [0.05, 0.1) is 13.2 Å². The minimum absolute atomic E-state index is 0.104. The Morgan fingerprint density at radius 1 is 1.23 bits per heavy atom. The van der Waals surface area contributed by atoms with Gasteiger partial charge >= 0.3 is 0 Å². The number of amides is 1. The molecule has 2 aliphatic heterocycles. The van der Waals surface area contributed by atoms with Crippen molar-refractivity contribution in [2.45, 2.75) is 44.4 Å². The number of carbonyl (C=O) groups excluding carboxylic acids is 1. The predicted molar refractivity (Wildman–Crippen MR) is 99.6 cm³/mol. The molecule has 2 aromatic rings. The van der Waals surface area contributed by atoms with Crippen molar-refractivity contribution >= 4 is 5.91 Å². The van der Waals surface area contributed by atoms with Crippen LogP contribution < -0.4 is 15.6 Å². The molecule has 1 saturated heterocycles. The number of hydrazine groups is 1. The lowest BCUT2D eigenvalue weighted by Crippen LogP contribution is -2.50. The van der Waals surface area contributed by atoms with Crippen LogP contribution in [-0.4, -0.2) is 35.1 Å². The summed E-state index contributed by atoms with van der Waals surface area (Å²) < 4.78 is 7.57. The Labute approximate surface area is 154 Å². The fourth-order valence-corrected chi connectivity index (χ4v) is 4.15. The third kappa shape index (κ3) is 2.99. The molecule has 2 aliphatic rings. The van der Waals surface area contributed by atoms with Crippen LogP contribution in [0, 0.1) is 0 Å². The molecule has 2 N–H and O–H groups in total. The zero-order valence-corrected chi connectivity index (χ0v) is 15.3. The topological polar surface area (TPSA) is 58.5 Å². The van der Waals surface area contributed by atoms with Crippen LogP contribution in [0.1, 0.15) is 43.1 Å². The number of carbonyl (C=O) groups is 1. The van der Waals surface area contributed by atoms with E-state index in [1.165, 1.54) is 5.69 Å². The maximum Gasteiger partial charge on any atom is 0.241 e. The highest BCUT2D eigenvalue weighted by atomic mass is 16.5. The monoisotopic (exact) mass is 354 g/mol. The van der Waals surface area contributed by atoms with E-state index in [4.69, 9.17) is 4.74 Å². The van der Waals surface area contributed by atoms with E-state index in [0.29, 0.717) is 0 Å². The lowest BCUT2D eigenvalue weighted by molar-refractivity contribution is -0.137. The van der Waals surface area contributed by atoms with Gasteiger partial charge in [-0.05, 0) is 42.7 Å². The largest absolute Gasteiger partial charge is 0.497 e. The number of hydrogen-bond acceptors (Lipinski definition) is 4. The molecule has 4 rings (SSSR count). The van der Waals surface area contributed by atoms with Crippen LogP contribution in [0.5, 0.6) is 5.75 Å². The lowest BCUT2D eigenvalue weighted by atomic mass is 9.99. The summed E-state index contributed by atoms with van der Waals surface area (Å²) in [4.78, 5) is 15.2. The standard InChI is InChI=1S/C20H26N4O2/c1-3-18-19-8-5-9-23(19)10-11-24(18)20(25)17-13-16(21-22-17)14-6-4-7-15(12-14)26-2/h4-9,12,16-18,21-22H,3,10-11,13H2,1-2H3. The fraction of sp³-hybridized carbons (Fsp3) is 0.450. The van der Waals surface area contributed by atoms with Crippen LogP contribution in [-0.2, 0) is 11.3 Å². The Morgan fingerprint density at radius 2 is 2.12 bits per heavy atom. The molecule has 26 heavy (non-hydrogen) atoms. The number of fused-ring (bicyclic) bond motifs is 1. The van der Waals surface area contributed by atoms with E-state index in [9.17, 15) is 4.79 Å². The van der Waals surface area contributed by atoms with Crippen LogP contribution in [0.15, 0.2) is 42.6 Å². The molecule has 0 saturated carbocycles. The Kier molecular flexibility index (Phi) is 4.70. The summed E-state index contributed by atoms with van der Waals surface area (Å²) in [5, 5.41) is 0. The van der Waals surface area contributed by atoms with E-state index in [0.717, 1.165) is 37.2 Å². The lowest BCUT2D eigenvalue weighted by Gasteiger charge is -2.37. The van der Waals surface area contributed by atoms with Gasteiger partial charge in [0.1, 0.15) is 11.8 Å². The van der Waals surface area contributed by atoms with E-state index in [1.54, 1.807) is 7.11 Å². The first kappa shape index (κ1) is 17.1. The van der Waals surface area contributed by atoms with E-state index >= 15 is 0 Å². The quantitative estimate of drug-likeness (QED) is 0.885. The van der Waals surface area contributed by atoms with Gasteiger partial charge in [0.2, 0.25) is 5.91 Å². The molecule has 3 unspecified atom stereocenters. The summed E-state index contributed by atoms with van der Waals surface area (Å²) in [6.07, 6.45) is 3.77. The van der Waals surface area contributed by atoms with Crippen LogP contribution in [0.2, 0.25) is 0 Å². The first-order valence-electron chi connectivity index (χ1n) is 9.31. The second kappa shape index (κ2) is 7.13. The van der Waals surface area contributed by atoms with E-state index < -0.39 is 0 Å². The van der Waals surface area contributed by atoms with Gasteiger partial charge in [-0.2, -0.15) is 0 Å². The molecule has 1 aromatic heterocycles. The molecule has 1 aromatic carbocycles. The number of ether oxygens (including phenoxy) is 1. The summed E-state index contributed by atoms with van der Waals surface area (Å²) in [5.41, 5.74) is 8.87. The van der Waals surface area contributed by atoms with Gasteiger partial charge < -0.3 is 14.2 Å². The van der Waals surface area contributed by atoms with Crippen LogP contribution >= 0.6 is 0 Å². The molecule has 6 nitrogen and oxygen atoms in total. The van der Waals surface area contributed by atoms with Crippen molar-refractivity contribution in [2.24, 2.45) is 0 Å². The van der Waals surface area contributed by atoms with Crippen molar-refractivity contribution in [3.05, 3.63) is 53.9 Å². The first-order chi connectivity index (χ1) is 12.7. The van der Waals surface area contributed by atoms with Gasteiger partial charge in [0, 0.05) is 31.0 Å². The van der Waals surface area contributed by atoms with E-state index in [2.05, 4.69) is 46.7 Å². The third-order valence-electron chi connectivity index (χ3n) is 5.53. The number of methoxy groups -OCH3 is 1. The van der Waals surface area contributed by atoms with Crippen molar-refractivity contribution in [3.63, 3.8) is 0 Å². The predicted octanol–water partition coefficient (Wildman–Crippen LogP) is 2.40. The molecule has 0 spiro atoms. The van der Waals surface area contributed by atoms with Crippen LogP contribution in [0.3, 0.4) is 0 Å². The summed E-state index contributed by atoms with van der Waals surface area (Å²) in [6.45, 7) is 3.78. The molecule has 6 heteroatoms. The summed E-state index contributed by atoms with van der Waals surface area (Å²) in [6, 6.07) is 12.3. The molecule has 1 amide bonds. The maximum absolute atomic E-state index is 13.2. The van der Waals surface area contributed by atoms with Crippen LogP contribution in [0.4, 0.5) is 0 Å². The minimum Gasteiger partial charge on any atom is -0.497 e. The van der Waals surface area contributed by atoms with Crippen molar-refractivity contribution in [3.8, 4) is 5.75 Å². The minimum atomic E-state index is -0.207. The maximum atomic E-state index is 13.2. The van der Waals surface area contributed by atoms with Gasteiger partial charge in [0.25, 0.3) is 0 Å². The summed E-state index contributed by atoms with van der Waals surface area (Å²) in [7, 11) is 1.67. The highest BCUT2D eigenvalue weighted by Gasteiger charge is 2.37. The second-order valence-electron chi connectivity index (χ2n) is 6.99. The Balaban J connectivity index is 1.47. The molecule has 0 radical (unpaired) electrons. The third-order valence-corrected chi connectivity index (χ3v) is 5.53. The molecule has 0 bridgehead atoms. The molecule has 3 atom stereocenters. The molecular weight excluding hydrogens is 328 g/mol. The average molecular weight is 354 g/mol. The van der Waals surface area contributed by atoms with Crippen molar-refractivity contribution in [1.29, 1.82) is 0 Å². The average Bonchev–Trinajstić information content (AvgIpc) is 3.36. The van der Waals surface area contributed by atoms with Gasteiger partial charge in [-0.25, -0.2) is 10.9 Å². The first-order valence-corrected chi connectivity index (χ1v) is 9.31. The number of rotatable bonds is 4. The highest BCUT2D eigenvalue weighted by molar-refractivity contribution is 5.82. The number of aromatic nitrogens is 1. The Hall–Kier alpha value is -2.31. The van der Waals surface area contributed by atoms with Gasteiger partial charge in [0.15, 0.2) is 0 Å². The number of nitrogens with zero attached hydrogens (tertiary/aromatic N) is 2. The molecule has 138 valence electrons. The van der Waals surface area contributed by atoms with E-state index in [1.807, 2.05) is 23.1 Å². The Bertz CT molecular complexity index is 788.